The van der Waals surface area contributed by atoms with Crippen LogP contribution in [0.4, 0.5) is 0 Å². The summed E-state index contributed by atoms with van der Waals surface area (Å²) >= 11 is 0. The van der Waals surface area contributed by atoms with Crippen molar-refractivity contribution >= 4 is 5.91 Å². The standard InChI is InChI=1S/C16H28N4O2/c1-4-20-14(3)15(13(2)18-20)5-6-16(21)17-7-8-19-9-11-22-12-10-19/h4-12H2,1-3H3,(H,17,21). The predicted molar refractivity (Wildman–Crippen MR) is 86.0 cm³/mol. The lowest BCUT2D eigenvalue weighted by Crippen LogP contribution is -2.41. The minimum atomic E-state index is 0.122. The zero-order chi connectivity index (χ0) is 15.9. The molecule has 0 radical (unpaired) electrons. The SMILES string of the molecule is CCn1nc(C)c(CCC(=O)NCCN2CCOCC2)c1C. The van der Waals surface area contributed by atoms with Crippen molar-refractivity contribution in [3.8, 4) is 0 Å². The second-order valence-electron chi connectivity index (χ2n) is 5.77. The molecule has 0 bridgehead atoms. The Balaban J connectivity index is 1.70. The van der Waals surface area contributed by atoms with Gasteiger partial charge in [0.25, 0.3) is 0 Å². The third kappa shape index (κ3) is 4.55. The smallest absolute Gasteiger partial charge is 0.220 e. The first kappa shape index (κ1) is 17.0. The summed E-state index contributed by atoms with van der Waals surface area (Å²) in [6.45, 7) is 12.2. The van der Waals surface area contributed by atoms with Gasteiger partial charge in [-0.2, -0.15) is 5.10 Å². The molecule has 0 aromatic carbocycles. The molecule has 1 aliphatic heterocycles. The number of morpholine rings is 1. The first-order valence-corrected chi connectivity index (χ1v) is 8.21. The lowest BCUT2D eigenvalue weighted by Gasteiger charge is -2.26. The molecule has 1 fully saturated rings. The Bertz CT molecular complexity index is 493. The summed E-state index contributed by atoms with van der Waals surface area (Å²) in [6, 6.07) is 0. The molecule has 1 amide bonds. The van der Waals surface area contributed by atoms with Gasteiger partial charge in [0.2, 0.25) is 5.91 Å². The number of aryl methyl sites for hydroxylation is 2. The maximum absolute atomic E-state index is 12.0. The quantitative estimate of drug-likeness (QED) is 0.813. The van der Waals surface area contributed by atoms with Gasteiger partial charge in [-0.25, -0.2) is 0 Å². The number of nitrogens with one attached hydrogen (secondary N) is 1. The number of ether oxygens (including phenoxy) is 1. The minimum Gasteiger partial charge on any atom is -0.379 e. The third-order valence-electron chi connectivity index (χ3n) is 4.29. The average Bonchev–Trinajstić information content (AvgIpc) is 2.80. The van der Waals surface area contributed by atoms with Gasteiger partial charge in [-0.1, -0.05) is 0 Å². The highest BCUT2D eigenvalue weighted by Gasteiger charge is 2.13. The maximum Gasteiger partial charge on any atom is 0.220 e. The number of carbonyl (C=O) groups is 1. The minimum absolute atomic E-state index is 0.122. The fourth-order valence-corrected chi connectivity index (χ4v) is 2.91. The molecule has 6 heteroatoms. The van der Waals surface area contributed by atoms with E-state index in [0.717, 1.165) is 51.5 Å². The van der Waals surface area contributed by atoms with Crippen LogP contribution in [0.15, 0.2) is 0 Å². The Kier molecular flexibility index (Phi) is 6.39. The normalized spacial score (nSPS) is 16.0. The van der Waals surface area contributed by atoms with Crippen LogP contribution >= 0.6 is 0 Å². The zero-order valence-corrected chi connectivity index (χ0v) is 14.0. The third-order valence-corrected chi connectivity index (χ3v) is 4.29. The van der Waals surface area contributed by atoms with Crippen molar-refractivity contribution < 1.29 is 9.53 Å². The number of amides is 1. The molecule has 2 rings (SSSR count). The fourth-order valence-electron chi connectivity index (χ4n) is 2.91. The van der Waals surface area contributed by atoms with Crippen molar-refractivity contribution in [2.75, 3.05) is 39.4 Å². The van der Waals surface area contributed by atoms with E-state index >= 15 is 0 Å². The van der Waals surface area contributed by atoms with Crippen molar-refractivity contribution in [1.82, 2.24) is 20.0 Å². The van der Waals surface area contributed by atoms with Crippen LogP contribution in [0.2, 0.25) is 0 Å². The molecule has 1 saturated heterocycles. The Morgan fingerprint density at radius 3 is 2.68 bits per heavy atom. The molecule has 0 aliphatic carbocycles. The molecule has 6 nitrogen and oxygen atoms in total. The molecule has 0 saturated carbocycles. The molecule has 0 atom stereocenters. The average molecular weight is 308 g/mol. The molecular formula is C16H28N4O2. The van der Waals surface area contributed by atoms with Crippen LogP contribution in [0.25, 0.3) is 0 Å². The number of rotatable bonds is 7. The van der Waals surface area contributed by atoms with Crippen LogP contribution in [0, 0.1) is 13.8 Å². The van der Waals surface area contributed by atoms with E-state index in [1.165, 1.54) is 11.3 Å². The second-order valence-corrected chi connectivity index (χ2v) is 5.77. The summed E-state index contributed by atoms with van der Waals surface area (Å²) in [5.41, 5.74) is 3.44. The van der Waals surface area contributed by atoms with Gasteiger partial charge < -0.3 is 10.1 Å². The van der Waals surface area contributed by atoms with E-state index in [9.17, 15) is 4.79 Å². The van der Waals surface area contributed by atoms with Gasteiger partial charge in [-0.15, -0.1) is 0 Å². The monoisotopic (exact) mass is 308 g/mol. The van der Waals surface area contributed by atoms with E-state index in [-0.39, 0.29) is 5.91 Å². The molecule has 1 aromatic rings. The molecule has 0 spiro atoms. The van der Waals surface area contributed by atoms with Crippen LogP contribution in [0.3, 0.4) is 0 Å². The van der Waals surface area contributed by atoms with Gasteiger partial charge in [0.05, 0.1) is 18.9 Å². The first-order chi connectivity index (χ1) is 10.6. The highest BCUT2D eigenvalue weighted by molar-refractivity contribution is 5.76. The number of aromatic nitrogens is 2. The fraction of sp³-hybridized carbons (Fsp3) is 0.750. The van der Waals surface area contributed by atoms with Crippen LogP contribution in [-0.2, 0) is 22.5 Å². The lowest BCUT2D eigenvalue weighted by atomic mass is 10.1. The van der Waals surface area contributed by atoms with Gasteiger partial charge in [0.1, 0.15) is 0 Å². The first-order valence-electron chi connectivity index (χ1n) is 8.21. The summed E-state index contributed by atoms with van der Waals surface area (Å²) in [4.78, 5) is 14.3. The predicted octanol–water partition coefficient (Wildman–Crippen LogP) is 0.901. The zero-order valence-electron chi connectivity index (χ0n) is 14.0. The maximum atomic E-state index is 12.0. The number of carbonyl (C=O) groups excluding carboxylic acids is 1. The summed E-state index contributed by atoms with van der Waals surface area (Å²) < 4.78 is 7.31. The molecular weight excluding hydrogens is 280 g/mol. The lowest BCUT2D eigenvalue weighted by molar-refractivity contribution is -0.121. The summed E-state index contributed by atoms with van der Waals surface area (Å²) in [7, 11) is 0. The molecule has 1 aromatic heterocycles. The highest BCUT2D eigenvalue weighted by atomic mass is 16.5. The number of nitrogens with zero attached hydrogens (tertiary/aromatic N) is 3. The Hall–Kier alpha value is -1.40. The van der Waals surface area contributed by atoms with E-state index in [1.54, 1.807) is 0 Å². The second kappa shape index (κ2) is 8.29. The molecule has 2 heterocycles. The van der Waals surface area contributed by atoms with Crippen LogP contribution in [0.5, 0.6) is 0 Å². The van der Waals surface area contributed by atoms with Crippen molar-refractivity contribution in [2.45, 2.75) is 40.2 Å². The van der Waals surface area contributed by atoms with Gasteiger partial charge in [-0.05, 0) is 32.8 Å². The molecule has 0 unspecified atom stereocenters. The van der Waals surface area contributed by atoms with Crippen LogP contribution in [-0.4, -0.2) is 60.0 Å². The van der Waals surface area contributed by atoms with Crippen molar-refractivity contribution in [3.63, 3.8) is 0 Å². The largest absolute Gasteiger partial charge is 0.379 e. The molecule has 1 aliphatic rings. The van der Waals surface area contributed by atoms with E-state index in [1.807, 2.05) is 11.6 Å². The van der Waals surface area contributed by atoms with E-state index < -0.39 is 0 Å². The Morgan fingerprint density at radius 1 is 1.32 bits per heavy atom. The van der Waals surface area contributed by atoms with E-state index in [4.69, 9.17) is 4.74 Å². The van der Waals surface area contributed by atoms with Crippen molar-refractivity contribution in [1.29, 1.82) is 0 Å². The van der Waals surface area contributed by atoms with E-state index in [0.29, 0.717) is 13.0 Å². The summed E-state index contributed by atoms with van der Waals surface area (Å²) in [6.07, 6.45) is 1.29. The Morgan fingerprint density at radius 2 is 2.05 bits per heavy atom. The Labute approximate surface area is 132 Å². The van der Waals surface area contributed by atoms with Gasteiger partial charge in [0.15, 0.2) is 0 Å². The number of hydrogen-bond acceptors (Lipinski definition) is 4. The molecule has 22 heavy (non-hydrogen) atoms. The van der Waals surface area contributed by atoms with E-state index in [2.05, 4.69) is 29.2 Å². The van der Waals surface area contributed by atoms with Gasteiger partial charge >= 0.3 is 0 Å². The van der Waals surface area contributed by atoms with Gasteiger partial charge in [0, 0.05) is 44.8 Å². The molecule has 124 valence electrons. The van der Waals surface area contributed by atoms with Crippen molar-refractivity contribution in [3.05, 3.63) is 17.0 Å². The summed E-state index contributed by atoms with van der Waals surface area (Å²) in [5.74, 6) is 0.122. The van der Waals surface area contributed by atoms with Crippen molar-refractivity contribution in [2.24, 2.45) is 0 Å². The van der Waals surface area contributed by atoms with Crippen LogP contribution in [0.1, 0.15) is 30.3 Å². The highest BCUT2D eigenvalue weighted by Crippen LogP contribution is 2.14. The summed E-state index contributed by atoms with van der Waals surface area (Å²) in [5, 5.41) is 7.51. The topological polar surface area (TPSA) is 59.4 Å². The van der Waals surface area contributed by atoms with Gasteiger partial charge in [-0.3, -0.25) is 14.4 Å². The molecule has 1 N–H and O–H groups in total. The van der Waals surface area contributed by atoms with Crippen LogP contribution < -0.4 is 5.32 Å². The number of hydrogen-bond donors (Lipinski definition) is 1.